The Morgan fingerprint density at radius 2 is 1.90 bits per heavy atom. The van der Waals surface area contributed by atoms with Gasteiger partial charge < -0.3 is 9.88 Å². The quantitative estimate of drug-likeness (QED) is 0.545. The summed E-state index contributed by atoms with van der Waals surface area (Å²) in [6, 6.07) is 7.34. The van der Waals surface area contributed by atoms with E-state index >= 15 is 0 Å². The summed E-state index contributed by atoms with van der Waals surface area (Å²) in [5, 5.41) is 8.76. The van der Waals surface area contributed by atoms with Crippen molar-refractivity contribution >= 4 is 16.9 Å². The van der Waals surface area contributed by atoms with Gasteiger partial charge in [-0.15, -0.1) is 10.2 Å². The number of aryl methyl sites for hydroxylation is 1. The molecule has 1 saturated heterocycles. The number of carbonyl (C=O) groups is 1. The summed E-state index contributed by atoms with van der Waals surface area (Å²) in [4.78, 5) is 26.1. The molecule has 8 nitrogen and oxygen atoms in total. The molecule has 5 heterocycles. The zero-order valence-electron chi connectivity index (χ0n) is 16.7. The second-order valence-electron chi connectivity index (χ2n) is 7.63. The lowest BCUT2D eigenvalue weighted by Gasteiger charge is -2.31. The Morgan fingerprint density at radius 1 is 1.10 bits per heavy atom. The van der Waals surface area contributed by atoms with Gasteiger partial charge in [-0.1, -0.05) is 0 Å². The smallest absolute Gasteiger partial charge is 0.255 e. The van der Waals surface area contributed by atoms with Gasteiger partial charge in [0.1, 0.15) is 17.2 Å². The van der Waals surface area contributed by atoms with Crippen LogP contribution in [0.3, 0.4) is 0 Å². The number of nitrogens with one attached hydrogen (secondary N) is 1. The topological polar surface area (TPSA) is 92.6 Å². The van der Waals surface area contributed by atoms with Crippen LogP contribution in [0.5, 0.6) is 0 Å². The molecule has 158 valence electrons. The molecule has 10 heteroatoms. The van der Waals surface area contributed by atoms with Gasteiger partial charge in [0, 0.05) is 43.7 Å². The minimum absolute atomic E-state index is 0.0492. The number of hydrogen-bond acceptors (Lipinski definition) is 5. The Labute approximate surface area is 176 Å². The van der Waals surface area contributed by atoms with Crippen molar-refractivity contribution in [2.75, 3.05) is 13.1 Å². The molecular weight excluding hydrogens is 404 g/mol. The Bertz CT molecular complexity index is 1250. The van der Waals surface area contributed by atoms with Crippen molar-refractivity contribution in [2.45, 2.75) is 25.7 Å². The number of fused-ring (bicyclic) bond motifs is 1. The molecule has 0 aliphatic carbocycles. The summed E-state index contributed by atoms with van der Waals surface area (Å²) in [5.74, 6) is -1.65. The van der Waals surface area contributed by atoms with E-state index in [1.54, 1.807) is 12.3 Å². The molecule has 0 spiro atoms. The maximum atomic E-state index is 13.4. The maximum absolute atomic E-state index is 13.4. The van der Waals surface area contributed by atoms with Crippen LogP contribution in [0, 0.1) is 6.92 Å². The first-order valence-corrected chi connectivity index (χ1v) is 9.90. The fourth-order valence-corrected chi connectivity index (χ4v) is 3.70. The summed E-state index contributed by atoms with van der Waals surface area (Å²) in [5.41, 5.74) is 2.55. The van der Waals surface area contributed by atoms with Crippen molar-refractivity contribution in [2.24, 2.45) is 0 Å². The van der Waals surface area contributed by atoms with Gasteiger partial charge in [-0.3, -0.25) is 14.3 Å². The normalized spacial score (nSPS) is 16.0. The molecule has 4 aromatic heterocycles. The van der Waals surface area contributed by atoms with E-state index < -0.39 is 5.92 Å². The molecule has 4 aromatic rings. The lowest BCUT2D eigenvalue weighted by atomic mass is 10.1. The van der Waals surface area contributed by atoms with Crippen molar-refractivity contribution in [3.63, 3.8) is 0 Å². The summed E-state index contributed by atoms with van der Waals surface area (Å²) in [6.07, 6.45) is 4.44. The maximum Gasteiger partial charge on any atom is 0.255 e. The highest BCUT2D eigenvalue weighted by molar-refractivity contribution is 5.97. The number of hydrogen-bond donors (Lipinski definition) is 1. The second-order valence-corrected chi connectivity index (χ2v) is 7.63. The zero-order chi connectivity index (χ0) is 21.6. The van der Waals surface area contributed by atoms with Crippen LogP contribution < -0.4 is 0 Å². The number of amides is 1. The number of likely N-dealkylation sites (tertiary alicyclic amines) is 1. The first-order chi connectivity index (χ1) is 14.9. The number of H-pyrrole nitrogens is 1. The molecule has 1 amide bonds. The van der Waals surface area contributed by atoms with Crippen molar-refractivity contribution < 1.29 is 13.6 Å². The van der Waals surface area contributed by atoms with Crippen LogP contribution in [0.1, 0.15) is 29.0 Å². The van der Waals surface area contributed by atoms with Crippen LogP contribution in [0.4, 0.5) is 8.78 Å². The minimum atomic E-state index is -2.69. The summed E-state index contributed by atoms with van der Waals surface area (Å²) in [6.45, 7) is 1.92. The first kappa shape index (κ1) is 19.3. The van der Waals surface area contributed by atoms with E-state index in [1.807, 2.05) is 35.9 Å². The Kier molecular flexibility index (Phi) is 4.49. The average Bonchev–Trinajstić information content (AvgIpc) is 3.39. The predicted octanol–water partition coefficient (Wildman–Crippen LogP) is 3.39. The summed E-state index contributed by atoms with van der Waals surface area (Å²) in [7, 11) is 0. The van der Waals surface area contributed by atoms with Gasteiger partial charge in [-0.25, -0.2) is 13.8 Å². The number of halogens is 2. The third-order valence-electron chi connectivity index (χ3n) is 5.42. The van der Waals surface area contributed by atoms with Gasteiger partial charge >= 0.3 is 0 Å². The van der Waals surface area contributed by atoms with Gasteiger partial charge in [0.2, 0.25) is 0 Å². The highest BCUT2D eigenvalue weighted by Gasteiger charge is 2.35. The zero-order valence-corrected chi connectivity index (χ0v) is 16.7. The van der Waals surface area contributed by atoms with Gasteiger partial charge in [0.05, 0.1) is 17.4 Å². The van der Waals surface area contributed by atoms with E-state index in [0.717, 1.165) is 11.1 Å². The van der Waals surface area contributed by atoms with Crippen molar-refractivity contribution in [1.29, 1.82) is 0 Å². The molecule has 31 heavy (non-hydrogen) atoms. The van der Waals surface area contributed by atoms with Gasteiger partial charge in [0.25, 0.3) is 11.8 Å². The van der Waals surface area contributed by atoms with Crippen molar-refractivity contribution in [1.82, 2.24) is 34.6 Å². The van der Waals surface area contributed by atoms with Gasteiger partial charge in [-0.2, -0.15) is 0 Å². The van der Waals surface area contributed by atoms with E-state index in [-0.39, 0.29) is 31.8 Å². The number of alkyl halides is 2. The van der Waals surface area contributed by atoms with E-state index in [2.05, 4.69) is 25.1 Å². The monoisotopic (exact) mass is 423 g/mol. The molecule has 5 rings (SSSR count). The Morgan fingerprint density at radius 3 is 2.58 bits per heavy atom. The van der Waals surface area contributed by atoms with Gasteiger partial charge in [0.15, 0.2) is 5.82 Å². The fourth-order valence-electron chi connectivity index (χ4n) is 3.70. The van der Waals surface area contributed by atoms with Crippen LogP contribution in [-0.2, 0) is 0 Å². The van der Waals surface area contributed by atoms with E-state index in [1.165, 1.54) is 11.1 Å². The third-order valence-corrected chi connectivity index (χ3v) is 5.42. The van der Waals surface area contributed by atoms with E-state index in [0.29, 0.717) is 28.6 Å². The molecule has 0 bridgehead atoms. The summed E-state index contributed by atoms with van der Waals surface area (Å²) < 4.78 is 28.6. The number of aromatic amines is 1. The molecule has 0 radical (unpaired) electrons. The number of pyridine rings is 2. The second kappa shape index (κ2) is 7.22. The third kappa shape index (κ3) is 3.65. The molecule has 0 atom stereocenters. The largest absolute Gasteiger partial charge is 0.338 e. The van der Waals surface area contributed by atoms with Crippen LogP contribution in [0.15, 0.2) is 42.9 Å². The van der Waals surface area contributed by atoms with Crippen LogP contribution in [-0.4, -0.2) is 59.5 Å². The lowest BCUT2D eigenvalue weighted by Crippen LogP contribution is -2.42. The van der Waals surface area contributed by atoms with E-state index in [4.69, 9.17) is 0 Å². The molecule has 1 aliphatic rings. The summed E-state index contributed by atoms with van der Waals surface area (Å²) >= 11 is 0. The molecule has 1 N–H and O–H groups in total. The standard InChI is InChI=1S/C21H19F2N7O/c1-13-26-18(28-27-13)17-3-2-16(12-24-17)30-7-4-14-10-15(11-25-19(14)30)20(31)29-8-5-21(22,23)6-9-29/h2-4,7,10-12H,5-6,8-9H2,1H3,(H,26,27,28). The molecular formula is C21H19F2N7O. The molecule has 0 saturated carbocycles. The fraction of sp³-hybridized carbons (Fsp3) is 0.286. The minimum Gasteiger partial charge on any atom is -0.338 e. The highest BCUT2D eigenvalue weighted by atomic mass is 19.3. The van der Waals surface area contributed by atoms with Gasteiger partial charge in [-0.05, 0) is 31.2 Å². The Hall–Kier alpha value is -3.69. The number of aromatic nitrogens is 6. The Balaban J connectivity index is 1.39. The van der Waals surface area contributed by atoms with E-state index in [9.17, 15) is 13.6 Å². The SMILES string of the molecule is Cc1nnc(-c2ccc(-n3ccc4cc(C(=O)N5CCC(F)(F)CC5)cnc43)cn2)[nH]1. The molecule has 0 unspecified atom stereocenters. The van der Waals surface area contributed by atoms with Crippen molar-refractivity contribution in [3.8, 4) is 17.2 Å². The molecule has 0 aromatic carbocycles. The number of carbonyl (C=O) groups excluding carboxylic acids is 1. The number of rotatable bonds is 3. The van der Waals surface area contributed by atoms with Crippen LogP contribution in [0.25, 0.3) is 28.2 Å². The first-order valence-electron chi connectivity index (χ1n) is 9.90. The highest BCUT2D eigenvalue weighted by Crippen LogP contribution is 2.29. The average molecular weight is 423 g/mol. The van der Waals surface area contributed by atoms with Crippen LogP contribution >= 0.6 is 0 Å². The molecule has 1 fully saturated rings. The predicted molar refractivity (Wildman–Crippen MR) is 109 cm³/mol. The number of nitrogens with zero attached hydrogens (tertiary/aromatic N) is 6. The lowest BCUT2D eigenvalue weighted by molar-refractivity contribution is -0.0494. The van der Waals surface area contributed by atoms with Crippen LogP contribution in [0.2, 0.25) is 0 Å². The number of piperidine rings is 1. The van der Waals surface area contributed by atoms with Crippen molar-refractivity contribution in [3.05, 3.63) is 54.2 Å². The molecule has 1 aliphatic heterocycles.